The van der Waals surface area contributed by atoms with E-state index >= 15 is 0 Å². The zero-order valence-electron chi connectivity index (χ0n) is 12.8. The van der Waals surface area contributed by atoms with Gasteiger partial charge in [0.25, 0.3) is 5.91 Å². The highest BCUT2D eigenvalue weighted by atomic mass is 16.5. The molecule has 1 aromatic heterocycles. The molecule has 0 saturated carbocycles. The number of hydrogen-bond acceptors (Lipinski definition) is 6. The number of carbonyl (C=O) groups excluding carboxylic acids is 1. The Morgan fingerprint density at radius 1 is 1.05 bits per heavy atom. The molecule has 1 amide bonds. The fraction of sp³-hybridized carbons (Fsp3) is 0.333. The number of nitrogens with one attached hydrogen (secondary N) is 1. The van der Waals surface area contributed by atoms with Crippen LogP contribution >= 0.6 is 0 Å². The molecule has 1 heterocycles. The first-order valence-electron chi connectivity index (χ1n) is 6.86. The first-order chi connectivity index (χ1) is 10.7. The van der Waals surface area contributed by atoms with Crippen LogP contribution in [-0.2, 0) is 13.0 Å². The second kappa shape index (κ2) is 7.35. The molecule has 0 radical (unpaired) electrons. The molecule has 1 N–H and O–H groups in total. The van der Waals surface area contributed by atoms with Gasteiger partial charge in [-0.15, -0.1) is 4.98 Å². The molecule has 1 aromatic carbocycles. The van der Waals surface area contributed by atoms with Crippen molar-refractivity contribution in [1.29, 1.82) is 0 Å². The summed E-state index contributed by atoms with van der Waals surface area (Å²) in [5.74, 6) is 0.170. The molecule has 0 atom stereocenters. The van der Waals surface area contributed by atoms with Gasteiger partial charge in [-0.05, 0) is 24.1 Å². The summed E-state index contributed by atoms with van der Waals surface area (Å²) in [4.78, 5) is 24.1. The van der Waals surface area contributed by atoms with Gasteiger partial charge in [-0.3, -0.25) is 4.79 Å². The van der Waals surface area contributed by atoms with Crippen molar-refractivity contribution in [3.05, 3.63) is 41.2 Å². The van der Waals surface area contributed by atoms with Crippen LogP contribution in [0.15, 0.2) is 24.3 Å². The van der Waals surface area contributed by atoms with E-state index in [1.807, 2.05) is 12.1 Å². The van der Waals surface area contributed by atoms with E-state index in [1.54, 1.807) is 12.1 Å². The SMILES string of the molecule is CCc1ccc(C(=O)NCc2nc(OC)nc(OC)n2)cc1. The first-order valence-corrected chi connectivity index (χ1v) is 6.86. The highest BCUT2D eigenvalue weighted by Gasteiger charge is 2.10. The number of rotatable bonds is 6. The Kier molecular flexibility index (Phi) is 5.24. The van der Waals surface area contributed by atoms with E-state index in [1.165, 1.54) is 19.8 Å². The lowest BCUT2D eigenvalue weighted by molar-refractivity contribution is 0.0949. The van der Waals surface area contributed by atoms with Gasteiger partial charge in [0.05, 0.1) is 20.8 Å². The van der Waals surface area contributed by atoms with Gasteiger partial charge in [-0.1, -0.05) is 19.1 Å². The van der Waals surface area contributed by atoms with E-state index in [4.69, 9.17) is 9.47 Å². The number of benzene rings is 1. The average molecular weight is 302 g/mol. The van der Waals surface area contributed by atoms with E-state index in [0.717, 1.165) is 6.42 Å². The van der Waals surface area contributed by atoms with Crippen molar-refractivity contribution < 1.29 is 14.3 Å². The van der Waals surface area contributed by atoms with Crippen LogP contribution < -0.4 is 14.8 Å². The van der Waals surface area contributed by atoms with Gasteiger partial charge in [0, 0.05) is 5.56 Å². The Hall–Kier alpha value is -2.70. The van der Waals surface area contributed by atoms with Gasteiger partial charge in [-0.25, -0.2) is 0 Å². The summed E-state index contributed by atoms with van der Waals surface area (Å²) in [7, 11) is 2.90. The third-order valence-corrected chi connectivity index (χ3v) is 3.04. The summed E-state index contributed by atoms with van der Waals surface area (Å²) in [5.41, 5.74) is 1.77. The van der Waals surface area contributed by atoms with Crippen molar-refractivity contribution in [2.24, 2.45) is 0 Å². The van der Waals surface area contributed by atoms with Crippen molar-refractivity contribution >= 4 is 5.91 Å². The van der Waals surface area contributed by atoms with Crippen molar-refractivity contribution in [2.45, 2.75) is 19.9 Å². The molecule has 0 saturated heterocycles. The molecule has 7 nitrogen and oxygen atoms in total. The number of nitrogens with zero attached hydrogens (tertiary/aromatic N) is 3. The van der Waals surface area contributed by atoms with Crippen molar-refractivity contribution in [3.8, 4) is 12.0 Å². The zero-order chi connectivity index (χ0) is 15.9. The number of aromatic nitrogens is 3. The normalized spacial score (nSPS) is 10.1. The summed E-state index contributed by atoms with van der Waals surface area (Å²) < 4.78 is 9.92. The molecule has 2 aromatic rings. The van der Waals surface area contributed by atoms with Crippen LogP contribution in [0.25, 0.3) is 0 Å². The maximum absolute atomic E-state index is 12.1. The minimum Gasteiger partial charge on any atom is -0.467 e. The second-order valence-corrected chi connectivity index (χ2v) is 4.46. The van der Waals surface area contributed by atoms with Crippen molar-refractivity contribution in [1.82, 2.24) is 20.3 Å². The second-order valence-electron chi connectivity index (χ2n) is 4.46. The van der Waals surface area contributed by atoms with E-state index in [-0.39, 0.29) is 24.5 Å². The van der Waals surface area contributed by atoms with Crippen LogP contribution in [0.2, 0.25) is 0 Å². The van der Waals surface area contributed by atoms with Gasteiger partial charge < -0.3 is 14.8 Å². The number of amides is 1. The zero-order valence-corrected chi connectivity index (χ0v) is 12.8. The molecule has 0 spiro atoms. The van der Waals surface area contributed by atoms with Crippen LogP contribution in [0.5, 0.6) is 12.0 Å². The minimum atomic E-state index is -0.194. The predicted molar refractivity (Wildman–Crippen MR) is 79.9 cm³/mol. The van der Waals surface area contributed by atoms with E-state index in [9.17, 15) is 4.79 Å². The third kappa shape index (κ3) is 3.91. The Bertz CT molecular complexity index is 621. The van der Waals surface area contributed by atoms with Gasteiger partial charge >= 0.3 is 12.0 Å². The summed E-state index contributed by atoms with van der Waals surface area (Å²) in [5, 5.41) is 2.75. The van der Waals surface area contributed by atoms with Crippen molar-refractivity contribution in [3.63, 3.8) is 0 Å². The Morgan fingerprint density at radius 2 is 1.64 bits per heavy atom. The van der Waals surface area contributed by atoms with Crippen molar-refractivity contribution in [2.75, 3.05) is 14.2 Å². The maximum atomic E-state index is 12.1. The van der Waals surface area contributed by atoms with Crippen LogP contribution in [0.1, 0.15) is 28.7 Å². The quantitative estimate of drug-likeness (QED) is 0.867. The van der Waals surface area contributed by atoms with Gasteiger partial charge in [0.2, 0.25) is 0 Å². The van der Waals surface area contributed by atoms with Gasteiger partial charge in [-0.2, -0.15) is 9.97 Å². The average Bonchev–Trinajstić information content (AvgIpc) is 2.59. The van der Waals surface area contributed by atoms with E-state index in [0.29, 0.717) is 11.4 Å². The topological polar surface area (TPSA) is 86.2 Å². The molecule has 7 heteroatoms. The molecule has 0 bridgehead atoms. The highest BCUT2D eigenvalue weighted by molar-refractivity contribution is 5.94. The first kappa shape index (κ1) is 15.7. The fourth-order valence-corrected chi connectivity index (χ4v) is 1.79. The predicted octanol–water partition coefficient (Wildman–Crippen LogP) is 1.38. The largest absolute Gasteiger partial charge is 0.467 e. The lowest BCUT2D eigenvalue weighted by atomic mass is 10.1. The molecule has 0 unspecified atom stereocenters. The maximum Gasteiger partial charge on any atom is 0.322 e. The van der Waals surface area contributed by atoms with Crippen LogP contribution in [-0.4, -0.2) is 35.1 Å². The van der Waals surface area contributed by atoms with E-state index < -0.39 is 0 Å². The number of methoxy groups -OCH3 is 2. The van der Waals surface area contributed by atoms with E-state index in [2.05, 4.69) is 27.2 Å². The molecule has 0 aliphatic carbocycles. The van der Waals surface area contributed by atoms with Crippen LogP contribution in [0, 0.1) is 0 Å². The number of ether oxygens (including phenoxy) is 2. The van der Waals surface area contributed by atoms with Crippen LogP contribution in [0.4, 0.5) is 0 Å². The monoisotopic (exact) mass is 302 g/mol. The summed E-state index contributed by atoms with van der Waals surface area (Å²) in [6.45, 7) is 2.22. The Labute approximate surface area is 128 Å². The minimum absolute atomic E-state index is 0.142. The molecule has 116 valence electrons. The van der Waals surface area contributed by atoms with Crippen LogP contribution in [0.3, 0.4) is 0 Å². The lowest BCUT2D eigenvalue weighted by Crippen LogP contribution is -2.24. The van der Waals surface area contributed by atoms with Gasteiger partial charge in [0.1, 0.15) is 0 Å². The van der Waals surface area contributed by atoms with Gasteiger partial charge in [0.15, 0.2) is 5.82 Å². The standard InChI is InChI=1S/C15H18N4O3/c1-4-10-5-7-11(8-6-10)13(20)16-9-12-17-14(21-2)19-15(18-12)22-3/h5-8H,4,9H2,1-3H3,(H,16,20). The number of aryl methyl sites for hydroxylation is 1. The fourth-order valence-electron chi connectivity index (χ4n) is 1.79. The molecule has 0 aliphatic rings. The number of carbonyl (C=O) groups is 1. The highest BCUT2D eigenvalue weighted by Crippen LogP contribution is 2.09. The lowest BCUT2D eigenvalue weighted by Gasteiger charge is -2.07. The summed E-state index contributed by atoms with van der Waals surface area (Å²) >= 11 is 0. The molecular weight excluding hydrogens is 284 g/mol. The Balaban J connectivity index is 2.03. The molecule has 0 fully saturated rings. The molecule has 22 heavy (non-hydrogen) atoms. The Morgan fingerprint density at radius 3 is 2.14 bits per heavy atom. The third-order valence-electron chi connectivity index (χ3n) is 3.04. The smallest absolute Gasteiger partial charge is 0.322 e. The summed E-state index contributed by atoms with van der Waals surface area (Å²) in [6, 6.07) is 7.74. The molecular formula is C15H18N4O3. The molecule has 0 aliphatic heterocycles. The molecule has 2 rings (SSSR count). The summed E-state index contributed by atoms with van der Waals surface area (Å²) in [6.07, 6.45) is 0.937. The number of hydrogen-bond donors (Lipinski definition) is 1.